The number of carbonyl (C=O) groups is 1. The van der Waals surface area contributed by atoms with Crippen LogP contribution in [-0.2, 0) is 20.8 Å². The first-order valence-electron chi connectivity index (χ1n) is 9.56. The summed E-state index contributed by atoms with van der Waals surface area (Å²) in [5.41, 5.74) is 5.49. The van der Waals surface area contributed by atoms with E-state index in [0.717, 1.165) is 5.69 Å². The van der Waals surface area contributed by atoms with Crippen LogP contribution in [-0.4, -0.2) is 61.9 Å². The van der Waals surface area contributed by atoms with Gasteiger partial charge in [-0.25, -0.2) is 15.7 Å². The number of aromatic amines is 2. The second kappa shape index (κ2) is 10.3. The van der Waals surface area contributed by atoms with Crippen molar-refractivity contribution in [3.05, 3.63) is 56.9 Å². The van der Waals surface area contributed by atoms with E-state index in [1.165, 1.54) is 23.2 Å². The molecule has 168 valence electrons. The zero-order valence-electron chi connectivity index (χ0n) is 16.6. The van der Waals surface area contributed by atoms with E-state index < -0.39 is 35.7 Å². The number of carbonyl (C=O) groups excluding carboxylic acids is 1. The van der Waals surface area contributed by atoms with Crippen LogP contribution in [0.2, 0.25) is 0 Å². The number of rotatable bonds is 9. The summed E-state index contributed by atoms with van der Waals surface area (Å²) in [6.45, 7) is 0.0906. The minimum Gasteiger partial charge on any atom is -0.390 e. The van der Waals surface area contributed by atoms with Crippen LogP contribution in [0.15, 0.2) is 34.4 Å². The van der Waals surface area contributed by atoms with Gasteiger partial charge in [-0.05, 0) is 0 Å². The molecule has 1 aliphatic heterocycles. The first kappa shape index (κ1) is 22.6. The molecule has 13 nitrogen and oxygen atoms in total. The summed E-state index contributed by atoms with van der Waals surface area (Å²) in [6.07, 6.45) is 5.53. The number of nitrogens with two attached hydrogens (primary N) is 2. The first-order valence-corrected chi connectivity index (χ1v) is 9.56. The van der Waals surface area contributed by atoms with Gasteiger partial charge in [0.1, 0.15) is 12.3 Å². The maximum atomic E-state index is 12.2. The van der Waals surface area contributed by atoms with Crippen molar-refractivity contribution in [3.63, 3.8) is 0 Å². The Morgan fingerprint density at radius 3 is 3.03 bits per heavy atom. The van der Waals surface area contributed by atoms with E-state index in [1.54, 1.807) is 12.3 Å². The van der Waals surface area contributed by atoms with Crippen molar-refractivity contribution in [3.8, 4) is 0 Å². The summed E-state index contributed by atoms with van der Waals surface area (Å²) in [6, 6.07) is -0.754. The molecule has 4 unspecified atom stereocenters. The number of amides is 1. The number of nitrogens with zero attached hydrogens (tertiary/aromatic N) is 2. The molecular formula is C18H25N7O6. The smallest absolute Gasteiger partial charge is 0.330 e. The molecule has 4 atom stereocenters. The lowest BCUT2D eigenvalue weighted by Gasteiger charge is -2.15. The molecule has 3 heterocycles. The molecular weight excluding hydrogens is 410 g/mol. The Morgan fingerprint density at radius 2 is 2.32 bits per heavy atom. The van der Waals surface area contributed by atoms with E-state index in [1.807, 2.05) is 0 Å². The normalized spacial score (nSPS) is 22.1. The number of H-pyrrole nitrogens is 2. The Hall–Kier alpha value is -3.10. The number of ether oxygens (including phenoxy) is 1. The zero-order valence-corrected chi connectivity index (χ0v) is 16.6. The lowest BCUT2D eigenvalue weighted by Crippen LogP contribution is -2.42. The third kappa shape index (κ3) is 5.74. The lowest BCUT2D eigenvalue weighted by atomic mass is 10.1. The minimum atomic E-state index is -0.868. The van der Waals surface area contributed by atoms with Crippen LogP contribution in [0.25, 0.3) is 6.08 Å². The average Bonchev–Trinajstić information content (AvgIpc) is 3.36. The molecule has 0 radical (unpaired) electrons. The molecule has 2 aromatic heterocycles. The van der Waals surface area contributed by atoms with Gasteiger partial charge in [0.05, 0.1) is 30.6 Å². The molecule has 31 heavy (non-hydrogen) atoms. The van der Waals surface area contributed by atoms with Gasteiger partial charge in [0.25, 0.3) is 5.56 Å². The quantitative estimate of drug-likeness (QED) is 0.230. The lowest BCUT2D eigenvalue weighted by molar-refractivity contribution is -0.122. The van der Waals surface area contributed by atoms with Gasteiger partial charge in [0, 0.05) is 37.5 Å². The molecule has 0 aliphatic carbocycles. The number of imidazole rings is 1. The third-order valence-electron chi connectivity index (χ3n) is 4.79. The summed E-state index contributed by atoms with van der Waals surface area (Å²) in [5, 5.41) is 12.6. The highest BCUT2D eigenvalue weighted by Crippen LogP contribution is 2.27. The van der Waals surface area contributed by atoms with E-state index in [0.29, 0.717) is 6.42 Å². The van der Waals surface area contributed by atoms with E-state index in [-0.39, 0.29) is 31.0 Å². The molecule has 1 amide bonds. The fourth-order valence-electron chi connectivity index (χ4n) is 3.17. The van der Waals surface area contributed by atoms with E-state index in [9.17, 15) is 19.5 Å². The van der Waals surface area contributed by atoms with E-state index in [2.05, 4.69) is 25.1 Å². The third-order valence-corrected chi connectivity index (χ3v) is 4.79. The van der Waals surface area contributed by atoms with Crippen LogP contribution >= 0.6 is 0 Å². The van der Waals surface area contributed by atoms with Gasteiger partial charge in [-0.2, -0.15) is 0 Å². The zero-order chi connectivity index (χ0) is 22.4. The van der Waals surface area contributed by atoms with Crippen molar-refractivity contribution in [1.82, 2.24) is 24.8 Å². The molecule has 0 aromatic carbocycles. The molecule has 2 aromatic rings. The van der Waals surface area contributed by atoms with Gasteiger partial charge in [0.2, 0.25) is 5.91 Å². The molecule has 13 heteroatoms. The van der Waals surface area contributed by atoms with Crippen LogP contribution in [0, 0.1) is 0 Å². The number of hydrogen-bond acceptors (Lipinski definition) is 9. The van der Waals surface area contributed by atoms with Crippen molar-refractivity contribution in [2.24, 2.45) is 11.6 Å². The van der Waals surface area contributed by atoms with Crippen LogP contribution < -0.4 is 28.2 Å². The van der Waals surface area contributed by atoms with E-state index >= 15 is 0 Å². The van der Waals surface area contributed by atoms with Gasteiger partial charge in [0.15, 0.2) is 0 Å². The van der Waals surface area contributed by atoms with Crippen LogP contribution in [0.3, 0.4) is 0 Å². The topological polar surface area (TPSA) is 203 Å². The number of aliphatic hydroxyl groups is 1. The molecule has 1 saturated heterocycles. The Kier molecular flexibility index (Phi) is 7.49. The van der Waals surface area contributed by atoms with Gasteiger partial charge in [-0.3, -0.25) is 19.1 Å². The van der Waals surface area contributed by atoms with Crippen molar-refractivity contribution >= 4 is 12.0 Å². The molecule has 0 saturated carbocycles. The molecule has 3 rings (SSSR count). The Morgan fingerprint density at radius 1 is 1.52 bits per heavy atom. The van der Waals surface area contributed by atoms with Gasteiger partial charge < -0.3 is 30.7 Å². The standard InChI is InChI=1S/C18H25N7O6/c19-12(4-11-6-21-9-23-11)17(28)22-3-1-2-10-7-25(18(29)24-16(10)27)15-5-13(26)14(31-15)8-30-20/h1-2,6-7,9,12-15,26H,3-5,8,19-20H2,(H,21,23)(H,22,28)(H,24,27,29)/b2-1+. The first-order chi connectivity index (χ1) is 14.9. The Balaban J connectivity index is 1.60. The Bertz CT molecular complexity index is 1020. The second-order valence-corrected chi connectivity index (χ2v) is 7.05. The largest absolute Gasteiger partial charge is 0.390 e. The fourth-order valence-corrected chi connectivity index (χ4v) is 3.17. The number of nitrogens with one attached hydrogen (secondary N) is 3. The van der Waals surface area contributed by atoms with Crippen LogP contribution in [0.4, 0.5) is 0 Å². The monoisotopic (exact) mass is 435 g/mol. The highest BCUT2D eigenvalue weighted by molar-refractivity contribution is 5.81. The average molecular weight is 435 g/mol. The molecule has 1 fully saturated rings. The van der Waals surface area contributed by atoms with Gasteiger partial charge >= 0.3 is 5.69 Å². The van der Waals surface area contributed by atoms with Crippen molar-refractivity contribution in [2.75, 3.05) is 13.2 Å². The molecule has 0 spiro atoms. The molecule has 1 aliphatic rings. The number of hydrogen-bond donors (Lipinski definition) is 6. The SMILES string of the molecule is NOCC1OC(n2cc(/C=C/CNC(=O)C(N)Cc3cnc[nH]3)c(=O)[nH]c2=O)CC1O. The summed E-state index contributed by atoms with van der Waals surface area (Å²) < 4.78 is 6.77. The summed E-state index contributed by atoms with van der Waals surface area (Å²) in [7, 11) is 0. The predicted molar refractivity (Wildman–Crippen MR) is 108 cm³/mol. The summed E-state index contributed by atoms with van der Waals surface area (Å²) >= 11 is 0. The Labute approximate surface area is 176 Å². The minimum absolute atomic E-state index is 0.0370. The summed E-state index contributed by atoms with van der Waals surface area (Å²) in [4.78, 5) is 49.7. The van der Waals surface area contributed by atoms with Crippen LogP contribution in [0.5, 0.6) is 0 Å². The predicted octanol–water partition coefficient (Wildman–Crippen LogP) is -2.50. The van der Waals surface area contributed by atoms with E-state index in [4.69, 9.17) is 16.4 Å². The molecule has 8 N–H and O–H groups in total. The summed E-state index contributed by atoms with van der Waals surface area (Å²) in [5.74, 6) is 4.65. The maximum Gasteiger partial charge on any atom is 0.330 e. The van der Waals surface area contributed by atoms with Gasteiger partial charge in [-0.1, -0.05) is 12.2 Å². The number of aliphatic hydroxyl groups excluding tert-OH is 1. The highest BCUT2D eigenvalue weighted by atomic mass is 16.6. The van der Waals surface area contributed by atoms with Crippen molar-refractivity contribution in [2.45, 2.75) is 37.3 Å². The molecule has 0 bridgehead atoms. The second-order valence-electron chi connectivity index (χ2n) is 7.05. The highest BCUT2D eigenvalue weighted by Gasteiger charge is 2.35. The van der Waals surface area contributed by atoms with Crippen molar-refractivity contribution < 1.29 is 19.5 Å². The van der Waals surface area contributed by atoms with Crippen molar-refractivity contribution in [1.29, 1.82) is 0 Å². The number of aromatic nitrogens is 4. The fraction of sp³-hybridized carbons (Fsp3) is 0.444. The van der Waals surface area contributed by atoms with Crippen LogP contribution in [0.1, 0.15) is 23.9 Å². The maximum absolute atomic E-state index is 12.2. The van der Waals surface area contributed by atoms with Gasteiger partial charge in [-0.15, -0.1) is 0 Å².